The Morgan fingerprint density at radius 3 is 1.30 bits per heavy atom. The van der Waals surface area contributed by atoms with Crippen molar-refractivity contribution in [3.05, 3.63) is 0 Å². The maximum Gasteiger partial charge on any atom is 0.217 e. The van der Waals surface area contributed by atoms with Crippen molar-refractivity contribution in [1.29, 1.82) is 0 Å². The minimum Gasteiger partial charge on any atom is -0.394 e. The van der Waals surface area contributed by atoms with Gasteiger partial charge in [0.15, 0.2) is 37.7 Å². The van der Waals surface area contributed by atoms with E-state index in [2.05, 4.69) is 5.32 Å². The van der Waals surface area contributed by atoms with Gasteiger partial charge >= 0.3 is 0 Å². The molecule has 6 saturated heterocycles. The molecule has 70 heavy (non-hydrogen) atoms. The third kappa shape index (κ3) is 12.0. The minimum atomic E-state index is -2.15. The van der Waals surface area contributed by atoms with Gasteiger partial charge < -0.3 is 154 Å². The molecule has 6 rings (SSSR count). The van der Waals surface area contributed by atoms with Gasteiger partial charge in [0.1, 0.15) is 146 Å². The lowest BCUT2D eigenvalue weighted by Crippen LogP contribution is -2.68. The van der Waals surface area contributed by atoms with E-state index < -0.39 is 230 Å². The van der Waals surface area contributed by atoms with Crippen LogP contribution in [-0.4, -0.2) is 327 Å². The number of hydrogen-bond acceptors (Lipinski definition) is 31. The number of aliphatic hydroxyl groups is 19. The Kier molecular flexibility index (Phi) is 20.3. The van der Waals surface area contributed by atoms with Gasteiger partial charge in [0.2, 0.25) is 5.91 Å². The molecule has 0 unspecified atom stereocenters. The molecule has 0 aromatic heterocycles. The van der Waals surface area contributed by atoms with Crippen LogP contribution in [0.4, 0.5) is 0 Å². The maximum atomic E-state index is 12.2. The summed E-state index contributed by atoms with van der Waals surface area (Å²) in [7, 11) is 0. The highest BCUT2D eigenvalue weighted by Crippen LogP contribution is 2.37. The first-order valence-electron chi connectivity index (χ1n) is 22.1. The smallest absolute Gasteiger partial charge is 0.217 e. The summed E-state index contributed by atoms with van der Waals surface area (Å²) in [5, 5.41) is 203. The second-order valence-corrected chi connectivity index (χ2v) is 17.5. The molecule has 6 aliphatic rings. The van der Waals surface area contributed by atoms with Crippen LogP contribution in [0.2, 0.25) is 0 Å². The van der Waals surface area contributed by atoms with E-state index in [1.807, 2.05) is 0 Å². The Labute approximate surface area is 395 Å². The predicted octanol–water partition coefficient (Wildman–Crippen LogP) is -14.0. The van der Waals surface area contributed by atoms with Crippen LogP contribution in [0.5, 0.6) is 0 Å². The lowest BCUT2D eigenvalue weighted by Gasteiger charge is -2.49. The highest BCUT2D eigenvalue weighted by Gasteiger charge is 2.58. The average molecular weight is 1030 g/mol. The Hall–Kier alpha value is -1.73. The molecule has 6 aliphatic heterocycles. The quantitative estimate of drug-likeness (QED) is 0.0606. The van der Waals surface area contributed by atoms with Gasteiger partial charge in [0, 0.05) is 6.92 Å². The maximum absolute atomic E-state index is 12.2. The van der Waals surface area contributed by atoms with Gasteiger partial charge in [-0.1, -0.05) is 0 Å². The second kappa shape index (κ2) is 24.7. The normalized spacial score (nSPS) is 50.7. The fourth-order valence-corrected chi connectivity index (χ4v) is 8.79. The molecule has 30 atom stereocenters. The summed E-state index contributed by atoms with van der Waals surface area (Å²) >= 11 is 0. The molecule has 1 amide bonds. The highest BCUT2D eigenvalue weighted by atomic mass is 16.8. The average Bonchev–Trinajstić information content (AvgIpc) is 3.64. The van der Waals surface area contributed by atoms with E-state index in [1.54, 1.807) is 0 Å². The van der Waals surface area contributed by atoms with E-state index in [0.29, 0.717) is 0 Å². The first-order valence-corrected chi connectivity index (χ1v) is 22.1. The summed E-state index contributed by atoms with van der Waals surface area (Å²) < 4.78 is 63.2. The molecule has 0 saturated carbocycles. The van der Waals surface area contributed by atoms with Gasteiger partial charge in [-0.25, -0.2) is 0 Å². The van der Waals surface area contributed by atoms with Gasteiger partial charge in [0.25, 0.3) is 0 Å². The molecule has 0 aromatic rings. The van der Waals surface area contributed by atoms with Crippen LogP contribution in [0.1, 0.15) is 6.92 Å². The summed E-state index contributed by atoms with van der Waals surface area (Å²) in [5.41, 5.74) is 0. The lowest BCUT2D eigenvalue weighted by molar-refractivity contribution is -0.395. The van der Waals surface area contributed by atoms with Crippen LogP contribution >= 0.6 is 0 Å². The second-order valence-electron chi connectivity index (χ2n) is 17.5. The fraction of sp³-hybridized carbons (Fsp3) is 0.974. The Morgan fingerprint density at radius 1 is 0.443 bits per heavy atom. The zero-order valence-corrected chi connectivity index (χ0v) is 37.0. The summed E-state index contributed by atoms with van der Waals surface area (Å²) in [5.74, 6) is -0.814. The summed E-state index contributed by atoms with van der Waals surface area (Å²) in [6.45, 7) is -4.83. The number of ether oxygens (including phenoxy) is 11. The highest BCUT2D eigenvalue weighted by molar-refractivity contribution is 5.73. The molecular weight excluding hydrogens is 966 g/mol. The topological polar surface area (TPSA) is 515 Å². The van der Waals surface area contributed by atoms with Crippen LogP contribution < -0.4 is 5.32 Å². The molecule has 32 nitrogen and oxygen atoms in total. The van der Waals surface area contributed by atoms with Crippen LogP contribution in [0, 0.1) is 0 Å². The van der Waals surface area contributed by atoms with E-state index in [-0.39, 0.29) is 0 Å². The third-order valence-corrected chi connectivity index (χ3v) is 12.8. The van der Waals surface area contributed by atoms with Crippen molar-refractivity contribution in [2.45, 2.75) is 191 Å². The van der Waals surface area contributed by atoms with E-state index >= 15 is 0 Å². The fourth-order valence-electron chi connectivity index (χ4n) is 8.79. The van der Waals surface area contributed by atoms with Crippen molar-refractivity contribution in [3.63, 3.8) is 0 Å². The standard InChI is InChI=1S/C38H65NO31/c1-8(45)39-15-20(51)29(67-38-31(27(58)28(66-38)9(46)2-40)69-35-25(56)22(53)17(48)11(4-42)63-35)14(61-33(15)59)7-60-37-32(70-36-26(57)23(54)18(49)12(5-43)64-36)30(19(50)13(6-44)65-37)68-34-24(55)21(52)16(47)10(3-41)62-34/h9-38,40-44,46-59H,2-7H2,1H3,(H,39,45)/t9-,10-,11-,12-,13-,14-,15-,16+,17+,18+,19+,20-,21+,22+,23+,24-,25-,26-,27+,28+,29-,30+,31-,32-,33+,34+,35+,36+,37-,38+/m1/s1. The van der Waals surface area contributed by atoms with E-state index in [9.17, 15) is 102 Å². The molecule has 0 spiro atoms. The number of hydrogen-bond donors (Lipinski definition) is 20. The molecule has 6 fully saturated rings. The van der Waals surface area contributed by atoms with E-state index in [1.165, 1.54) is 0 Å². The van der Waals surface area contributed by atoms with Gasteiger partial charge in [-0.3, -0.25) is 4.79 Å². The minimum absolute atomic E-state index is 0.814. The molecule has 0 aliphatic carbocycles. The molecular formula is C38H65NO31. The molecule has 0 aromatic carbocycles. The van der Waals surface area contributed by atoms with Crippen molar-refractivity contribution in [2.24, 2.45) is 0 Å². The van der Waals surface area contributed by atoms with Crippen LogP contribution in [0.25, 0.3) is 0 Å². The summed E-state index contributed by atoms with van der Waals surface area (Å²) in [4.78, 5) is 12.2. The van der Waals surface area contributed by atoms with Crippen molar-refractivity contribution < 1.29 is 154 Å². The summed E-state index contributed by atoms with van der Waals surface area (Å²) in [6, 6.07) is -1.73. The first kappa shape index (κ1) is 57.5. The van der Waals surface area contributed by atoms with Crippen LogP contribution in [0.15, 0.2) is 0 Å². The number of carbonyl (C=O) groups excluding carboxylic acids is 1. The molecule has 408 valence electrons. The van der Waals surface area contributed by atoms with E-state index in [0.717, 1.165) is 6.92 Å². The van der Waals surface area contributed by atoms with Gasteiger partial charge in [0.05, 0.1) is 39.6 Å². The Morgan fingerprint density at radius 2 is 0.857 bits per heavy atom. The third-order valence-electron chi connectivity index (χ3n) is 12.8. The number of nitrogens with one attached hydrogen (secondary N) is 1. The summed E-state index contributed by atoms with van der Waals surface area (Å²) in [6.07, 6.45) is -56.4. The number of carbonyl (C=O) groups is 1. The number of amides is 1. The molecule has 32 heteroatoms. The van der Waals surface area contributed by atoms with Crippen molar-refractivity contribution in [2.75, 3.05) is 39.6 Å². The number of aliphatic hydroxyl groups excluding tert-OH is 19. The zero-order valence-electron chi connectivity index (χ0n) is 37.0. The SMILES string of the molecule is CC(=O)N[C@@H]1[C@@H](O)[C@H](O[C@@H]2O[C@@H]([C@H](O)CO)[C@H](O)[C@H]2O[C@@H]2O[C@H](CO)[C@H](O)[C@H](O)[C@H]2O)[C@@H](CO[C@@H]2O[C@H](CO)[C@H](O)[C@H](O[C@@H]3O[C@H](CO)[C@H](O)[C@H](O)[C@H]3O)[C@H]2O[C@@H]2O[C@H](CO)[C@H](O)[C@H](O)[C@H]2O)O[C@@H]1O. The lowest BCUT2D eigenvalue weighted by atomic mass is 9.95. The van der Waals surface area contributed by atoms with Crippen LogP contribution in [-0.2, 0) is 56.9 Å². The van der Waals surface area contributed by atoms with Gasteiger partial charge in [-0.05, 0) is 0 Å². The van der Waals surface area contributed by atoms with Crippen molar-refractivity contribution in [3.8, 4) is 0 Å². The predicted molar refractivity (Wildman–Crippen MR) is 211 cm³/mol. The van der Waals surface area contributed by atoms with Crippen molar-refractivity contribution in [1.82, 2.24) is 5.32 Å². The molecule has 20 N–H and O–H groups in total. The Bertz CT molecular complexity index is 1620. The van der Waals surface area contributed by atoms with Crippen molar-refractivity contribution >= 4 is 5.91 Å². The Balaban J connectivity index is 1.33. The van der Waals surface area contributed by atoms with Gasteiger partial charge in [-0.2, -0.15) is 0 Å². The largest absolute Gasteiger partial charge is 0.394 e. The zero-order chi connectivity index (χ0) is 51.6. The molecule has 0 bridgehead atoms. The van der Waals surface area contributed by atoms with E-state index in [4.69, 9.17) is 52.1 Å². The monoisotopic (exact) mass is 1030 g/mol. The first-order chi connectivity index (χ1) is 33.1. The molecule has 0 radical (unpaired) electrons. The number of rotatable bonds is 18. The van der Waals surface area contributed by atoms with Gasteiger partial charge in [-0.15, -0.1) is 0 Å². The van der Waals surface area contributed by atoms with Crippen LogP contribution in [0.3, 0.4) is 0 Å². The molecule has 6 heterocycles.